The topological polar surface area (TPSA) is 35.5 Å². The van der Waals surface area contributed by atoms with Crippen LogP contribution in [0.1, 0.15) is 19.3 Å². The number of hydrogen-bond acceptors (Lipinski definition) is 3. The Kier molecular flexibility index (Phi) is 4.87. The van der Waals surface area contributed by atoms with Gasteiger partial charge in [0.1, 0.15) is 11.2 Å². The van der Waals surface area contributed by atoms with E-state index in [2.05, 4.69) is 0 Å². The van der Waals surface area contributed by atoms with E-state index in [1.165, 1.54) is 7.11 Å². The summed E-state index contributed by atoms with van der Waals surface area (Å²) in [7, 11) is 2.96. The fourth-order valence-electron chi connectivity index (χ4n) is 1.98. The quantitative estimate of drug-likeness (QED) is 0.424. The number of methoxy groups -OCH3 is 2. The highest BCUT2D eigenvalue weighted by molar-refractivity contribution is 6.17. The first-order valence-corrected chi connectivity index (χ1v) is 5.81. The highest BCUT2D eigenvalue weighted by atomic mass is 35.5. The monoisotopic (exact) mass is 244 g/mol. The standard InChI is InChI=1S/C12H17ClO3/c1-15-10-6-3-4-7-12(10,8-5-9-13)11(14)16-2/h4,6-7H,3,5,8-9H2,1-2H3. The Labute approximate surface area is 101 Å². The van der Waals surface area contributed by atoms with E-state index >= 15 is 0 Å². The van der Waals surface area contributed by atoms with Gasteiger partial charge in [0, 0.05) is 5.88 Å². The minimum absolute atomic E-state index is 0.290. The van der Waals surface area contributed by atoms with Crippen LogP contribution in [-0.2, 0) is 14.3 Å². The van der Waals surface area contributed by atoms with E-state index in [0.29, 0.717) is 18.1 Å². The number of ether oxygens (including phenoxy) is 2. The van der Waals surface area contributed by atoms with Crippen molar-refractivity contribution >= 4 is 17.6 Å². The van der Waals surface area contributed by atoms with E-state index in [0.717, 1.165) is 12.8 Å². The maximum absolute atomic E-state index is 11.9. The number of allylic oxidation sites excluding steroid dienone is 2. The Balaban J connectivity index is 3.00. The molecule has 0 bridgehead atoms. The molecule has 16 heavy (non-hydrogen) atoms. The van der Waals surface area contributed by atoms with E-state index in [4.69, 9.17) is 21.1 Å². The van der Waals surface area contributed by atoms with Crippen LogP contribution in [0.25, 0.3) is 0 Å². The summed E-state index contributed by atoms with van der Waals surface area (Å²) >= 11 is 5.69. The number of rotatable bonds is 5. The summed E-state index contributed by atoms with van der Waals surface area (Å²) in [5, 5.41) is 0. The third-order valence-electron chi connectivity index (χ3n) is 2.76. The predicted molar refractivity (Wildman–Crippen MR) is 63.3 cm³/mol. The van der Waals surface area contributed by atoms with Crippen LogP contribution in [0.15, 0.2) is 24.0 Å². The van der Waals surface area contributed by atoms with Gasteiger partial charge in [0.2, 0.25) is 0 Å². The molecule has 4 heteroatoms. The van der Waals surface area contributed by atoms with Crippen molar-refractivity contribution in [3.63, 3.8) is 0 Å². The molecule has 0 aromatic carbocycles. The van der Waals surface area contributed by atoms with Gasteiger partial charge in [0.15, 0.2) is 0 Å². The Morgan fingerprint density at radius 1 is 1.56 bits per heavy atom. The fraction of sp³-hybridized carbons (Fsp3) is 0.583. The molecule has 1 unspecified atom stereocenters. The number of halogens is 1. The normalized spacial score (nSPS) is 23.8. The van der Waals surface area contributed by atoms with Crippen LogP contribution in [0.2, 0.25) is 0 Å². The highest BCUT2D eigenvalue weighted by Gasteiger charge is 2.42. The minimum atomic E-state index is -0.781. The van der Waals surface area contributed by atoms with Gasteiger partial charge in [-0.25, -0.2) is 0 Å². The van der Waals surface area contributed by atoms with Crippen LogP contribution < -0.4 is 0 Å². The van der Waals surface area contributed by atoms with Crippen LogP contribution in [-0.4, -0.2) is 26.1 Å². The molecule has 0 spiro atoms. The molecule has 0 aromatic rings. The van der Waals surface area contributed by atoms with Crippen molar-refractivity contribution < 1.29 is 14.3 Å². The van der Waals surface area contributed by atoms with Crippen molar-refractivity contribution in [1.29, 1.82) is 0 Å². The lowest BCUT2D eigenvalue weighted by atomic mass is 9.78. The number of hydrogen-bond donors (Lipinski definition) is 0. The SMILES string of the molecule is COC(=O)C1(CCCCl)C=CCC=C1OC. The Hall–Kier alpha value is -0.960. The molecule has 1 rings (SSSR count). The number of esters is 1. The lowest BCUT2D eigenvalue weighted by Gasteiger charge is -2.31. The van der Waals surface area contributed by atoms with Crippen LogP contribution in [0.3, 0.4) is 0 Å². The van der Waals surface area contributed by atoms with Crippen molar-refractivity contribution in [2.75, 3.05) is 20.1 Å². The molecule has 0 N–H and O–H groups in total. The van der Waals surface area contributed by atoms with Gasteiger partial charge in [0.25, 0.3) is 0 Å². The van der Waals surface area contributed by atoms with Gasteiger partial charge in [-0.2, -0.15) is 0 Å². The molecule has 1 aliphatic rings. The molecule has 1 aliphatic carbocycles. The smallest absolute Gasteiger partial charge is 0.323 e. The molecule has 0 radical (unpaired) electrons. The Morgan fingerprint density at radius 3 is 2.88 bits per heavy atom. The van der Waals surface area contributed by atoms with E-state index in [9.17, 15) is 4.79 Å². The molecule has 90 valence electrons. The molecule has 0 saturated heterocycles. The summed E-state index contributed by atoms with van der Waals surface area (Å²) in [6.45, 7) is 0. The summed E-state index contributed by atoms with van der Waals surface area (Å²) < 4.78 is 10.2. The summed E-state index contributed by atoms with van der Waals surface area (Å²) in [6, 6.07) is 0. The predicted octanol–water partition coefficient (Wildman–Crippen LogP) is 2.66. The Bertz CT molecular complexity index is 309. The maximum atomic E-state index is 11.9. The van der Waals surface area contributed by atoms with Crippen molar-refractivity contribution in [3.05, 3.63) is 24.0 Å². The lowest BCUT2D eigenvalue weighted by molar-refractivity contribution is -0.150. The largest absolute Gasteiger partial charge is 0.500 e. The molecule has 3 nitrogen and oxygen atoms in total. The van der Waals surface area contributed by atoms with Gasteiger partial charge >= 0.3 is 5.97 Å². The van der Waals surface area contributed by atoms with E-state index in [1.54, 1.807) is 7.11 Å². The summed E-state index contributed by atoms with van der Waals surface area (Å²) in [5.41, 5.74) is -0.781. The number of alkyl halides is 1. The van der Waals surface area contributed by atoms with Crippen molar-refractivity contribution in [3.8, 4) is 0 Å². The first-order valence-electron chi connectivity index (χ1n) is 5.28. The van der Waals surface area contributed by atoms with Gasteiger partial charge in [-0.3, -0.25) is 4.79 Å². The van der Waals surface area contributed by atoms with Crippen LogP contribution in [0, 0.1) is 5.41 Å². The maximum Gasteiger partial charge on any atom is 0.323 e. The summed E-state index contributed by atoms with van der Waals surface area (Å²) in [5.74, 6) is 0.887. The molecule has 0 amide bonds. The second-order valence-corrected chi connectivity index (χ2v) is 4.04. The van der Waals surface area contributed by atoms with E-state index in [-0.39, 0.29) is 5.97 Å². The van der Waals surface area contributed by atoms with E-state index in [1.807, 2.05) is 18.2 Å². The van der Waals surface area contributed by atoms with Gasteiger partial charge in [-0.05, 0) is 25.3 Å². The zero-order valence-corrected chi connectivity index (χ0v) is 10.4. The average molecular weight is 245 g/mol. The molecular weight excluding hydrogens is 228 g/mol. The fourth-order valence-corrected chi connectivity index (χ4v) is 2.11. The molecule has 0 fully saturated rings. The summed E-state index contributed by atoms with van der Waals surface area (Å²) in [4.78, 5) is 11.9. The molecule has 0 heterocycles. The van der Waals surface area contributed by atoms with Gasteiger partial charge < -0.3 is 9.47 Å². The molecule has 1 atom stereocenters. The summed E-state index contributed by atoms with van der Waals surface area (Å²) in [6.07, 6.45) is 7.85. The van der Waals surface area contributed by atoms with Crippen LogP contribution in [0.4, 0.5) is 0 Å². The third-order valence-corrected chi connectivity index (χ3v) is 3.02. The van der Waals surface area contributed by atoms with Gasteiger partial charge in [-0.1, -0.05) is 12.2 Å². The first-order chi connectivity index (χ1) is 7.71. The number of carbonyl (C=O) groups is 1. The van der Waals surface area contributed by atoms with Crippen molar-refractivity contribution in [2.24, 2.45) is 5.41 Å². The first kappa shape index (κ1) is 13.1. The van der Waals surface area contributed by atoms with E-state index < -0.39 is 5.41 Å². The van der Waals surface area contributed by atoms with Crippen LogP contribution in [0.5, 0.6) is 0 Å². The van der Waals surface area contributed by atoms with Gasteiger partial charge in [0.05, 0.1) is 14.2 Å². The van der Waals surface area contributed by atoms with Crippen molar-refractivity contribution in [2.45, 2.75) is 19.3 Å². The minimum Gasteiger partial charge on any atom is -0.500 e. The average Bonchev–Trinajstić information content (AvgIpc) is 2.35. The molecular formula is C12H17ClO3. The zero-order valence-electron chi connectivity index (χ0n) is 9.66. The van der Waals surface area contributed by atoms with Gasteiger partial charge in [-0.15, -0.1) is 11.6 Å². The Morgan fingerprint density at radius 2 is 2.31 bits per heavy atom. The molecule has 0 aromatic heterocycles. The third kappa shape index (κ3) is 2.40. The lowest BCUT2D eigenvalue weighted by Crippen LogP contribution is -2.34. The molecule has 0 aliphatic heterocycles. The number of carbonyl (C=O) groups excluding carboxylic acids is 1. The second-order valence-electron chi connectivity index (χ2n) is 3.67. The zero-order chi connectivity index (χ0) is 12.0. The molecule has 0 saturated carbocycles. The highest BCUT2D eigenvalue weighted by Crippen LogP contribution is 2.39. The van der Waals surface area contributed by atoms with Crippen molar-refractivity contribution in [1.82, 2.24) is 0 Å². The van der Waals surface area contributed by atoms with Crippen LogP contribution >= 0.6 is 11.6 Å². The second kappa shape index (κ2) is 5.94.